The summed E-state index contributed by atoms with van der Waals surface area (Å²) in [5, 5.41) is 21.5. The SMILES string of the molecule is Cc1cc(-c2ccc(CNC3CCOCC3)nn2)c(O)cc1C(F)(F)F. The molecule has 1 aliphatic rings. The van der Waals surface area contributed by atoms with Crippen LogP contribution in [0.3, 0.4) is 0 Å². The van der Waals surface area contributed by atoms with Crippen molar-refractivity contribution in [3.05, 3.63) is 41.1 Å². The Kier molecular flexibility index (Phi) is 5.43. The van der Waals surface area contributed by atoms with Gasteiger partial charge in [-0.05, 0) is 49.6 Å². The molecule has 8 heteroatoms. The molecule has 0 bridgehead atoms. The smallest absolute Gasteiger partial charge is 0.416 e. The minimum absolute atomic E-state index is 0.0253. The normalized spacial score (nSPS) is 16.0. The number of phenolic OH excluding ortho intramolecular Hbond substituents is 1. The summed E-state index contributed by atoms with van der Waals surface area (Å²) in [6.45, 7) is 3.39. The number of phenols is 1. The third-order valence-corrected chi connectivity index (χ3v) is 4.44. The van der Waals surface area contributed by atoms with Crippen molar-refractivity contribution in [2.75, 3.05) is 13.2 Å². The van der Waals surface area contributed by atoms with E-state index in [1.807, 2.05) is 0 Å². The fourth-order valence-corrected chi connectivity index (χ4v) is 2.96. The van der Waals surface area contributed by atoms with Crippen LogP contribution in [0.2, 0.25) is 0 Å². The maximum Gasteiger partial charge on any atom is 0.416 e. The molecule has 0 radical (unpaired) electrons. The number of aromatic nitrogens is 2. The molecule has 140 valence electrons. The lowest BCUT2D eigenvalue weighted by molar-refractivity contribution is -0.138. The number of hydrogen-bond donors (Lipinski definition) is 2. The van der Waals surface area contributed by atoms with Crippen molar-refractivity contribution >= 4 is 0 Å². The maximum absolute atomic E-state index is 12.9. The molecule has 0 atom stereocenters. The number of alkyl halides is 3. The molecular weight excluding hydrogens is 347 g/mol. The summed E-state index contributed by atoms with van der Waals surface area (Å²) >= 11 is 0. The van der Waals surface area contributed by atoms with Crippen LogP contribution in [0.1, 0.15) is 29.7 Å². The van der Waals surface area contributed by atoms with Crippen LogP contribution in [-0.2, 0) is 17.5 Å². The van der Waals surface area contributed by atoms with Crippen molar-refractivity contribution in [3.63, 3.8) is 0 Å². The summed E-state index contributed by atoms with van der Waals surface area (Å²) in [5.74, 6) is -0.467. The summed E-state index contributed by atoms with van der Waals surface area (Å²) in [6.07, 6.45) is -2.61. The van der Waals surface area contributed by atoms with Crippen LogP contribution in [0, 0.1) is 6.92 Å². The van der Waals surface area contributed by atoms with E-state index in [0.29, 0.717) is 18.3 Å². The summed E-state index contributed by atoms with van der Waals surface area (Å²) in [7, 11) is 0. The Hall–Kier alpha value is -2.19. The zero-order valence-electron chi connectivity index (χ0n) is 14.3. The second kappa shape index (κ2) is 7.59. The van der Waals surface area contributed by atoms with Crippen LogP contribution in [-0.4, -0.2) is 34.6 Å². The lowest BCUT2D eigenvalue weighted by Crippen LogP contribution is -2.34. The molecule has 2 heterocycles. The molecule has 0 aliphatic carbocycles. The molecule has 2 aromatic rings. The molecule has 1 fully saturated rings. The van der Waals surface area contributed by atoms with Crippen molar-refractivity contribution in [2.24, 2.45) is 0 Å². The molecule has 26 heavy (non-hydrogen) atoms. The molecular formula is C18H20F3N3O2. The highest BCUT2D eigenvalue weighted by molar-refractivity contribution is 5.68. The van der Waals surface area contributed by atoms with E-state index in [9.17, 15) is 18.3 Å². The lowest BCUT2D eigenvalue weighted by Gasteiger charge is -2.22. The quantitative estimate of drug-likeness (QED) is 0.867. The number of aryl methyl sites for hydroxylation is 1. The Morgan fingerprint density at radius 2 is 1.92 bits per heavy atom. The first kappa shape index (κ1) is 18.6. The van der Waals surface area contributed by atoms with E-state index in [2.05, 4.69) is 15.5 Å². The largest absolute Gasteiger partial charge is 0.507 e. The minimum Gasteiger partial charge on any atom is -0.507 e. The predicted molar refractivity (Wildman–Crippen MR) is 89.6 cm³/mol. The molecule has 5 nitrogen and oxygen atoms in total. The van der Waals surface area contributed by atoms with Crippen LogP contribution >= 0.6 is 0 Å². The zero-order chi connectivity index (χ0) is 18.7. The van der Waals surface area contributed by atoms with E-state index in [1.54, 1.807) is 12.1 Å². The van der Waals surface area contributed by atoms with Gasteiger partial charge in [-0.15, -0.1) is 0 Å². The third-order valence-electron chi connectivity index (χ3n) is 4.44. The molecule has 2 N–H and O–H groups in total. The topological polar surface area (TPSA) is 67.3 Å². The molecule has 3 rings (SSSR count). The van der Waals surface area contributed by atoms with Crippen LogP contribution in [0.25, 0.3) is 11.3 Å². The van der Waals surface area contributed by atoms with Gasteiger partial charge in [-0.2, -0.15) is 23.4 Å². The lowest BCUT2D eigenvalue weighted by atomic mass is 10.0. The van der Waals surface area contributed by atoms with Gasteiger partial charge in [0.1, 0.15) is 5.75 Å². The second-order valence-electron chi connectivity index (χ2n) is 6.36. The first-order chi connectivity index (χ1) is 12.3. The highest BCUT2D eigenvalue weighted by Crippen LogP contribution is 2.38. The number of halogens is 3. The fourth-order valence-electron chi connectivity index (χ4n) is 2.96. The Morgan fingerprint density at radius 1 is 1.19 bits per heavy atom. The van der Waals surface area contributed by atoms with Crippen molar-refractivity contribution in [1.82, 2.24) is 15.5 Å². The first-order valence-corrected chi connectivity index (χ1v) is 8.39. The summed E-state index contributed by atoms with van der Waals surface area (Å²) in [4.78, 5) is 0. The summed E-state index contributed by atoms with van der Waals surface area (Å²) in [5.41, 5.74) is 0.450. The van der Waals surface area contributed by atoms with Gasteiger partial charge in [0.25, 0.3) is 0 Å². The Morgan fingerprint density at radius 3 is 2.54 bits per heavy atom. The third kappa shape index (κ3) is 4.31. The average Bonchev–Trinajstić information content (AvgIpc) is 2.62. The van der Waals surface area contributed by atoms with Gasteiger partial charge >= 0.3 is 6.18 Å². The van der Waals surface area contributed by atoms with Crippen molar-refractivity contribution < 1.29 is 23.0 Å². The molecule has 1 saturated heterocycles. The number of nitrogens with one attached hydrogen (secondary N) is 1. The van der Waals surface area contributed by atoms with Crippen LogP contribution in [0.15, 0.2) is 24.3 Å². The van der Waals surface area contributed by atoms with Gasteiger partial charge in [0.15, 0.2) is 0 Å². The second-order valence-corrected chi connectivity index (χ2v) is 6.36. The highest BCUT2D eigenvalue weighted by Gasteiger charge is 2.33. The average molecular weight is 367 g/mol. The van der Waals surface area contributed by atoms with E-state index in [1.165, 1.54) is 13.0 Å². The zero-order valence-corrected chi connectivity index (χ0v) is 14.3. The van der Waals surface area contributed by atoms with Gasteiger partial charge in [-0.3, -0.25) is 0 Å². The maximum atomic E-state index is 12.9. The number of aromatic hydroxyl groups is 1. The van der Waals surface area contributed by atoms with E-state index in [-0.39, 0.29) is 11.1 Å². The van der Waals surface area contributed by atoms with Gasteiger partial charge in [-0.1, -0.05) is 0 Å². The van der Waals surface area contributed by atoms with Crippen LogP contribution in [0.5, 0.6) is 5.75 Å². The highest BCUT2D eigenvalue weighted by atomic mass is 19.4. The molecule has 1 aromatic carbocycles. The molecule has 0 amide bonds. The summed E-state index contributed by atoms with van der Waals surface area (Å²) in [6, 6.07) is 5.79. The fraction of sp³-hybridized carbons (Fsp3) is 0.444. The molecule has 0 saturated carbocycles. The molecule has 0 spiro atoms. The van der Waals surface area contributed by atoms with Gasteiger partial charge in [0, 0.05) is 31.4 Å². The Labute approximate surface area is 149 Å². The number of hydrogen-bond acceptors (Lipinski definition) is 5. The van der Waals surface area contributed by atoms with Crippen molar-refractivity contribution in [2.45, 2.75) is 38.5 Å². The number of ether oxygens (including phenoxy) is 1. The standard InChI is InChI=1S/C18H20F3N3O2/c1-11-8-14(17(25)9-15(11)18(19,20)21)16-3-2-13(23-24-16)10-22-12-4-6-26-7-5-12/h2-3,8-9,12,22,25H,4-7,10H2,1H3. The predicted octanol–water partition coefficient (Wildman–Crippen LogP) is 3.45. The van der Waals surface area contributed by atoms with E-state index in [4.69, 9.17) is 4.74 Å². The van der Waals surface area contributed by atoms with E-state index >= 15 is 0 Å². The van der Waals surface area contributed by atoms with Gasteiger partial charge in [0.2, 0.25) is 0 Å². The van der Waals surface area contributed by atoms with Gasteiger partial charge in [-0.25, -0.2) is 0 Å². The van der Waals surface area contributed by atoms with E-state index in [0.717, 1.165) is 37.8 Å². The monoisotopic (exact) mass is 367 g/mol. The van der Waals surface area contributed by atoms with E-state index < -0.39 is 17.5 Å². The van der Waals surface area contributed by atoms with Gasteiger partial charge in [0.05, 0.1) is 17.0 Å². The molecule has 1 aliphatic heterocycles. The van der Waals surface area contributed by atoms with Gasteiger partial charge < -0.3 is 15.2 Å². The first-order valence-electron chi connectivity index (χ1n) is 8.39. The van der Waals surface area contributed by atoms with Crippen molar-refractivity contribution in [1.29, 1.82) is 0 Å². The van der Waals surface area contributed by atoms with Crippen molar-refractivity contribution in [3.8, 4) is 17.0 Å². The Balaban J connectivity index is 1.73. The molecule has 1 aromatic heterocycles. The number of benzene rings is 1. The minimum atomic E-state index is -4.51. The number of rotatable bonds is 4. The molecule has 0 unspecified atom stereocenters. The number of nitrogens with zero attached hydrogens (tertiary/aromatic N) is 2. The van der Waals surface area contributed by atoms with Crippen LogP contribution < -0.4 is 5.32 Å². The Bertz CT molecular complexity index is 758. The summed E-state index contributed by atoms with van der Waals surface area (Å²) < 4.78 is 44.0. The van der Waals surface area contributed by atoms with Crippen LogP contribution in [0.4, 0.5) is 13.2 Å².